The van der Waals surface area contributed by atoms with Crippen molar-refractivity contribution in [3.05, 3.63) is 59.7 Å². The van der Waals surface area contributed by atoms with Gasteiger partial charge in [-0.15, -0.1) is 0 Å². The first kappa shape index (κ1) is 12.3. The SMILES string of the molecule is C[C@H](NC1CCCc2cccnc21)c1ccncc1. The second kappa shape index (κ2) is 5.49. The molecule has 0 aromatic carbocycles. The molecule has 0 spiro atoms. The zero-order valence-electron chi connectivity index (χ0n) is 11.2. The van der Waals surface area contributed by atoms with Gasteiger partial charge in [-0.3, -0.25) is 9.97 Å². The van der Waals surface area contributed by atoms with Crippen molar-refractivity contribution in [3.8, 4) is 0 Å². The zero-order chi connectivity index (χ0) is 13.1. The molecule has 1 N–H and O–H groups in total. The molecular formula is C16H19N3. The van der Waals surface area contributed by atoms with Crippen LogP contribution < -0.4 is 5.32 Å². The number of nitrogens with zero attached hydrogens (tertiary/aromatic N) is 2. The minimum Gasteiger partial charge on any atom is -0.302 e. The summed E-state index contributed by atoms with van der Waals surface area (Å²) in [6, 6.07) is 9.06. The number of pyridine rings is 2. The van der Waals surface area contributed by atoms with Crippen LogP contribution in [0.3, 0.4) is 0 Å². The Hall–Kier alpha value is -1.74. The number of aromatic nitrogens is 2. The van der Waals surface area contributed by atoms with E-state index in [1.165, 1.54) is 29.7 Å². The van der Waals surface area contributed by atoms with Gasteiger partial charge in [0.05, 0.1) is 11.7 Å². The Morgan fingerprint density at radius 1 is 1.21 bits per heavy atom. The van der Waals surface area contributed by atoms with Crippen molar-refractivity contribution in [3.63, 3.8) is 0 Å². The monoisotopic (exact) mass is 253 g/mol. The van der Waals surface area contributed by atoms with E-state index in [-0.39, 0.29) is 0 Å². The van der Waals surface area contributed by atoms with E-state index in [0.717, 1.165) is 6.42 Å². The number of hydrogen-bond donors (Lipinski definition) is 1. The standard InChI is InChI=1S/C16H19N3/c1-12(13-7-10-17-11-8-13)19-15-6-2-4-14-5-3-9-18-16(14)15/h3,5,7-12,15,19H,2,4,6H2,1H3/t12-,15?/m0/s1. The highest BCUT2D eigenvalue weighted by Crippen LogP contribution is 2.29. The normalized spacial score (nSPS) is 19.7. The Balaban J connectivity index is 1.78. The molecule has 0 amide bonds. The van der Waals surface area contributed by atoms with Gasteiger partial charge in [-0.2, -0.15) is 0 Å². The van der Waals surface area contributed by atoms with Crippen LogP contribution in [0.1, 0.15) is 48.7 Å². The number of hydrogen-bond acceptors (Lipinski definition) is 3. The van der Waals surface area contributed by atoms with Crippen LogP contribution in [-0.2, 0) is 6.42 Å². The van der Waals surface area contributed by atoms with Crippen LogP contribution in [0.2, 0.25) is 0 Å². The molecule has 0 saturated heterocycles. The van der Waals surface area contributed by atoms with Gasteiger partial charge in [-0.05, 0) is 55.5 Å². The molecule has 0 bridgehead atoms. The Bertz CT molecular complexity index is 539. The molecular weight excluding hydrogens is 234 g/mol. The summed E-state index contributed by atoms with van der Waals surface area (Å²) in [7, 11) is 0. The van der Waals surface area contributed by atoms with Crippen LogP contribution >= 0.6 is 0 Å². The molecule has 1 unspecified atom stereocenters. The van der Waals surface area contributed by atoms with Crippen LogP contribution in [0.5, 0.6) is 0 Å². The molecule has 98 valence electrons. The summed E-state index contributed by atoms with van der Waals surface area (Å²) in [6.45, 7) is 2.20. The molecule has 0 fully saturated rings. The summed E-state index contributed by atoms with van der Waals surface area (Å²) >= 11 is 0. The lowest BCUT2D eigenvalue weighted by Crippen LogP contribution is -2.28. The lowest BCUT2D eigenvalue weighted by Gasteiger charge is -2.28. The molecule has 1 aliphatic rings. The van der Waals surface area contributed by atoms with Crippen molar-refractivity contribution in [2.24, 2.45) is 0 Å². The molecule has 2 heterocycles. The van der Waals surface area contributed by atoms with E-state index in [2.05, 4.69) is 40.4 Å². The van der Waals surface area contributed by atoms with E-state index >= 15 is 0 Å². The summed E-state index contributed by atoms with van der Waals surface area (Å²) in [4.78, 5) is 8.64. The van der Waals surface area contributed by atoms with E-state index in [9.17, 15) is 0 Å². The van der Waals surface area contributed by atoms with Gasteiger partial charge in [-0.1, -0.05) is 6.07 Å². The molecule has 2 atom stereocenters. The third-order valence-corrected chi connectivity index (χ3v) is 3.85. The Morgan fingerprint density at radius 3 is 2.89 bits per heavy atom. The Kier molecular flexibility index (Phi) is 3.56. The largest absolute Gasteiger partial charge is 0.302 e. The molecule has 19 heavy (non-hydrogen) atoms. The zero-order valence-corrected chi connectivity index (χ0v) is 11.2. The molecule has 0 aliphatic heterocycles. The number of rotatable bonds is 3. The first-order valence-corrected chi connectivity index (χ1v) is 6.94. The van der Waals surface area contributed by atoms with Gasteiger partial charge >= 0.3 is 0 Å². The van der Waals surface area contributed by atoms with Crippen molar-refractivity contribution in [2.75, 3.05) is 0 Å². The maximum absolute atomic E-state index is 4.57. The molecule has 3 heteroatoms. The minimum absolute atomic E-state index is 0.320. The average Bonchev–Trinajstić information content (AvgIpc) is 2.48. The van der Waals surface area contributed by atoms with Crippen molar-refractivity contribution in [1.82, 2.24) is 15.3 Å². The van der Waals surface area contributed by atoms with Crippen LogP contribution in [0.4, 0.5) is 0 Å². The smallest absolute Gasteiger partial charge is 0.0605 e. The van der Waals surface area contributed by atoms with Crippen LogP contribution in [0, 0.1) is 0 Å². The quantitative estimate of drug-likeness (QED) is 0.912. The fourth-order valence-electron chi connectivity index (χ4n) is 2.82. The fraction of sp³-hybridized carbons (Fsp3) is 0.375. The maximum Gasteiger partial charge on any atom is 0.0605 e. The first-order chi connectivity index (χ1) is 9.34. The molecule has 0 saturated carbocycles. The predicted molar refractivity (Wildman–Crippen MR) is 75.7 cm³/mol. The van der Waals surface area contributed by atoms with Crippen molar-refractivity contribution >= 4 is 0 Å². The van der Waals surface area contributed by atoms with E-state index in [4.69, 9.17) is 0 Å². The summed E-state index contributed by atoms with van der Waals surface area (Å²) < 4.78 is 0. The van der Waals surface area contributed by atoms with Gasteiger partial charge in [0.25, 0.3) is 0 Å². The highest BCUT2D eigenvalue weighted by atomic mass is 15.0. The number of aryl methyl sites for hydroxylation is 1. The van der Waals surface area contributed by atoms with Gasteiger partial charge in [-0.25, -0.2) is 0 Å². The minimum atomic E-state index is 0.320. The molecule has 3 nitrogen and oxygen atoms in total. The highest BCUT2D eigenvalue weighted by Gasteiger charge is 2.22. The molecule has 2 aromatic rings. The van der Waals surface area contributed by atoms with E-state index in [1.807, 2.05) is 24.7 Å². The lowest BCUT2D eigenvalue weighted by atomic mass is 9.91. The second-order valence-electron chi connectivity index (χ2n) is 5.16. The Labute approximate surface area is 114 Å². The predicted octanol–water partition coefficient (Wildman–Crippen LogP) is 3.20. The second-order valence-corrected chi connectivity index (χ2v) is 5.16. The van der Waals surface area contributed by atoms with E-state index in [0.29, 0.717) is 12.1 Å². The summed E-state index contributed by atoms with van der Waals surface area (Å²) in [6.07, 6.45) is 9.15. The van der Waals surface area contributed by atoms with E-state index in [1.54, 1.807) is 0 Å². The van der Waals surface area contributed by atoms with Crippen molar-refractivity contribution in [2.45, 2.75) is 38.3 Å². The van der Waals surface area contributed by atoms with E-state index < -0.39 is 0 Å². The molecule has 2 aromatic heterocycles. The van der Waals surface area contributed by atoms with Crippen LogP contribution in [0.25, 0.3) is 0 Å². The summed E-state index contributed by atoms with van der Waals surface area (Å²) in [5.41, 5.74) is 3.90. The van der Waals surface area contributed by atoms with Crippen molar-refractivity contribution in [1.29, 1.82) is 0 Å². The summed E-state index contributed by atoms with van der Waals surface area (Å²) in [5.74, 6) is 0. The van der Waals surface area contributed by atoms with Gasteiger partial charge < -0.3 is 5.32 Å². The van der Waals surface area contributed by atoms with Gasteiger partial charge in [0.2, 0.25) is 0 Å². The Morgan fingerprint density at radius 2 is 2.05 bits per heavy atom. The lowest BCUT2D eigenvalue weighted by molar-refractivity contribution is 0.406. The van der Waals surface area contributed by atoms with Gasteiger partial charge in [0.1, 0.15) is 0 Å². The third kappa shape index (κ3) is 2.66. The molecule has 3 rings (SSSR count). The number of fused-ring (bicyclic) bond motifs is 1. The van der Waals surface area contributed by atoms with Gasteiger partial charge in [0, 0.05) is 24.6 Å². The van der Waals surface area contributed by atoms with Crippen LogP contribution in [0.15, 0.2) is 42.9 Å². The van der Waals surface area contributed by atoms with Gasteiger partial charge in [0.15, 0.2) is 0 Å². The third-order valence-electron chi connectivity index (χ3n) is 3.85. The highest BCUT2D eigenvalue weighted by molar-refractivity contribution is 5.26. The average molecular weight is 253 g/mol. The molecule has 1 aliphatic carbocycles. The summed E-state index contributed by atoms with van der Waals surface area (Å²) in [5, 5.41) is 3.70. The van der Waals surface area contributed by atoms with Crippen molar-refractivity contribution < 1.29 is 0 Å². The van der Waals surface area contributed by atoms with Crippen LogP contribution in [-0.4, -0.2) is 9.97 Å². The fourth-order valence-corrected chi connectivity index (χ4v) is 2.82. The molecule has 0 radical (unpaired) electrons. The number of nitrogens with one attached hydrogen (secondary N) is 1. The first-order valence-electron chi connectivity index (χ1n) is 6.94. The topological polar surface area (TPSA) is 37.8 Å². The maximum atomic E-state index is 4.57.